The Hall–Kier alpha value is -3.49. The number of alkyl halides is 3. The van der Waals surface area contributed by atoms with Gasteiger partial charge >= 0.3 is 6.18 Å². The smallest absolute Gasteiger partial charge is 0.287 e. The zero-order chi connectivity index (χ0) is 26.4. The van der Waals surface area contributed by atoms with Crippen LogP contribution in [0.5, 0.6) is 0 Å². The van der Waals surface area contributed by atoms with Crippen LogP contribution in [-0.2, 0) is 11.6 Å². The molecule has 9 heteroatoms. The summed E-state index contributed by atoms with van der Waals surface area (Å²) >= 11 is 0. The molecule has 0 amide bonds. The van der Waals surface area contributed by atoms with Gasteiger partial charge < -0.3 is 0 Å². The Morgan fingerprint density at radius 2 is 1.19 bits per heavy atom. The highest BCUT2D eigenvalue weighted by atomic mass is 19.4. The lowest BCUT2D eigenvalue weighted by molar-refractivity contribution is -0.141. The minimum atomic E-state index is -4.54. The van der Waals surface area contributed by atoms with Crippen molar-refractivity contribution in [3.8, 4) is 11.6 Å². The van der Waals surface area contributed by atoms with Crippen LogP contribution in [0.15, 0.2) is 49.1 Å². The number of aryl methyl sites for hydroxylation is 1. The van der Waals surface area contributed by atoms with Gasteiger partial charge in [0.05, 0.1) is 22.8 Å². The van der Waals surface area contributed by atoms with E-state index in [1.54, 1.807) is 32.3 Å². The second-order valence-electron chi connectivity index (χ2n) is 10.1. The summed E-state index contributed by atoms with van der Waals surface area (Å²) in [5.41, 5.74) is 2.12. The Bertz CT molecular complexity index is 1380. The Labute approximate surface area is 209 Å². The summed E-state index contributed by atoms with van der Waals surface area (Å²) in [6.45, 7) is 13.7. The third kappa shape index (κ3) is 4.54. The monoisotopic (exact) mass is 496 g/mol. The van der Waals surface area contributed by atoms with E-state index in [9.17, 15) is 13.2 Å². The number of hydrogen-bond acceptors (Lipinski definition) is 4. The number of nitrogens with zero attached hydrogens (tertiary/aromatic N) is 6. The molecule has 0 atom stereocenters. The van der Waals surface area contributed by atoms with E-state index in [2.05, 4.69) is 23.8 Å². The largest absolute Gasteiger partial charge is 0.435 e. The molecule has 0 spiro atoms. The van der Waals surface area contributed by atoms with E-state index in [1.165, 1.54) is 10.9 Å². The number of pyridine rings is 2. The van der Waals surface area contributed by atoms with Crippen LogP contribution in [0.4, 0.5) is 13.2 Å². The molecule has 0 aromatic carbocycles. The molecule has 190 valence electrons. The third-order valence-electron chi connectivity index (χ3n) is 6.41. The maximum atomic E-state index is 13.6. The minimum Gasteiger partial charge on any atom is -0.287 e. The van der Waals surface area contributed by atoms with Crippen molar-refractivity contribution in [1.82, 2.24) is 29.1 Å². The van der Waals surface area contributed by atoms with Crippen molar-refractivity contribution in [2.45, 2.75) is 71.9 Å². The second kappa shape index (κ2) is 9.19. The van der Waals surface area contributed by atoms with Gasteiger partial charge in [0, 0.05) is 11.1 Å². The lowest BCUT2D eigenvalue weighted by Gasteiger charge is -2.25. The quantitative estimate of drug-likeness (QED) is 0.296. The van der Waals surface area contributed by atoms with Crippen LogP contribution in [0.2, 0.25) is 0 Å². The van der Waals surface area contributed by atoms with Gasteiger partial charge in [-0.25, -0.2) is 19.9 Å². The molecule has 0 fully saturated rings. The van der Waals surface area contributed by atoms with Gasteiger partial charge in [0.25, 0.3) is 0 Å². The van der Waals surface area contributed by atoms with Gasteiger partial charge in [0.2, 0.25) is 0 Å². The van der Waals surface area contributed by atoms with Crippen LogP contribution >= 0.6 is 0 Å². The van der Waals surface area contributed by atoms with Crippen LogP contribution in [0.1, 0.15) is 87.5 Å². The molecule has 0 aliphatic carbocycles. The maximum absolute atomic E-state index is 13.6. The number of hydrogen-bond donors (Lipinski definition) is 0. The summed E-state index contributed by atoms with van der Waals surface area (Å²) in [7, 11) is 0. The summed E-state index contributed by atoms with van der Waals surface area (Å²) < 4.78 is 44.2. The van der Waals surface area contributed by atoms with Crippen molar-refractivity contribution in [1.29, 1.82) is 0 Å². The molecule has 0 saturated heterocycles. The fourth-order valence-electron chi connectivity index (χ4n) is 4.58. The summed E-state index contributed by atoms with van der Waals surface area (Å²) in [5, 5.41) is 0. The molecule has 0 unspecified atom stereocenters. The SMILES string of the molecule is Cc1ncn(-c2cccc(C(C)(C)c3cccc(-n4cnc(C(F)(F)F)c4C(C)C)n3)n2)c1C(C)C. The van der Waals surface area contributed by atoms with Crippen LogP contribution in [0, 0.1) is 6.92 Å². The first-order chi connectivity index (χ1) is 16.8. The maximum Gasteiger partial charge on any atom is 0.435 e. The van der Waals surface area contributed by atoms with E-state index in [0.29, 0.717) is 11.5 Å². The topological polar surface area (TPSA) is 61.4 Å². The fourth-order valence-corrected chi connectivity index (χ4v) is 4.58. The highest BCUT2D eigenvalue weighted by Crippen LogP contribution is 2.36. The second-order valence-corrected chi connectivity index (χ2v) is 10.1. The molecule has 4 heterocycles. The van der Waals surface area contributed by atoms with Crippen LogP contribution in [-0.4, -0.2) is 29.1 Å². The number of rotatable bonds is 6. The van der Waals surface area contributed by atoms with Gasteiger partial charge in [-0.2, -0.15) is 13.2 Å². The summed E-state index contributed by atoms with van der Waals surface area (Å²) in [6.07, 6.45) is -1.55. The molecule has 4 aromatic rings. The molecule has 0 saturated carbocycles. The molecule has 0 aliphatic heterocycles. The summed E-state index contributed by atoms with van der Waals surface area (Å²) in [5.74, 6) is 1.02. The van der Waals surface area contributed by atoms with Crippen molar-refractivity contribution >= 4 is 0 Å². The highest BCUT2D eigenvalue weighted by molar-refractivity contribution is 5.39. The lowest BCUT2D eigenvalue weighted by atomic mass is 9.84. The van der Waals surface area contributed by atoms with E-state index in [4.69, 9.17) is 9.97 Å². The van der Waals surface area contributed by atoms with E-state index in [0.717, 1.165) is 22.9 Å². The molecule has 6 nitrogen and oxygen atoms in total. The third-order valence-corrected chi connectivity index (χ3v) is 6.41. The normalized spacial score (nSPS) is 12.7. The molecule has 0 aliphatic rings. The van der Waals surface area contributed by atoms with Gasteiger partial charge in [-0.15, -0.1) is 0 Å². The highest BCUT2D eigenvalue weighted by Gasteiger charge is 2.38. The van der Waals surface area contributed by atoms with Crippen molar-refractivity contribution in [3.05, 3.63) is 83.2 Å². The van der Waals surface area contributed by atoms with E-state index in [1.807, 2.05) is 49.6 Å². The zero-order valence-electron chi connectivity index (χ0n) is 21.6. The zero-order valence-corrected chi connectivity index (χ0v) is 21.6. The predicted octanol–water partition coefficient (Wildman–Crippen LogP) is 6.75. The van der Waals surface area contributed by atoms with E-state index in [-0.39, 0.29) is 11.6 Å². The standard InChI is InChI=1S/C27H31F3N6/c1-16(2)23-18(5)31-14-35(23)21-12-8-10-19(33-21)26(6,7)20-11-9-13-22(34-20)36-15-32-25(27(28,29)30)24(36)17(3)4/h8-17H,1-7H3. The first-order valence-corrected chi connectivity index (χ1v) is 12.0. The van der Waals surface area contributed by atoms with Crippen molar-refractivity contribution in [3.63, 3.8) is 0 Å². The molecule has 4 rings (SSSR count). The molecular formula is C27H31F3N6. The van der Waals surface area contributed by atoms with E-state index < -0.39 is 23.2 Å². The van der Waals surface area contributed by atoms with Gasteiger partial charge in [-0.3, -0.25) is 9.13 Å². The summed E-state index contributed by atoms with van der Waals surface area (Å²) in [6, 6.07) is 11.2. The number of aromatic nitrogens is 6. The molecule has 36 heavy (non-hydrogen) atoms. The number of imidazole rings is 2. The van der Waals surface area contributed by atoms with Crippen LogP contribution < -0.4 is 0 Å². The average Bonchev–Trinajstić information content (AvgIpc) is 3.43. The number of halogens is 3. The first-order valence-electron chi connectivity index (χ1n) is 12.0. The van der Waals surface area contributed by atoms with E-state index >= 15 is 0 Å². The molecule has 0 N–H and O–H groups in total. The first kappa shape index (κ1) is 25.6. The molecular weight excluding hydrogens is 465 g/mol. The predicted molar refractivity (Wildman–Crippen MR) is 133 cm³/mol. The Kier molecular flexibility index (Phi) is 6.53. The Morgan fingerprint density at radius 3 is 1.67 bits per heavy atom. The molecule has 0 bridgehead atoms. The van der Waals surface area contributed by atoms with Gasteiger partial charge in [-0.05, 0) is 56.9 Å². The summed E-state index contributed by atoms with van der Waals surface area (Å²) in [4.78, 5) is 17.9. The minimum absolute atomic E-state index is 0.0850. The van der Waals surface area contributed by atoms with Gasteiger partial charge in [-0.1, -0.05) is 39.8 Å². The average molecular weight is 497 g/mol. The molecule has 4 aromatic heterocycles. The molecule has 0 radical (unpaired) electrons. The van der Waals surface area contributed by atoms with Crippen LogP contribution in [0.25, 0.3) is 11.6 Å². The fraction of sp³-hybridized carbons (Fsp3) is 0.407. The Morgan fingerprint density at radius 1 is 0.722 bits per heavy atom. The van der Waals surface area contributed by atoms with Crippen molar-refractivity contribution in [2.24, 2.45) is 0 Å². The van der Waals surface area contributed by atoms with Gasteiger partial charge in [0.15, 0.2) is 5.69 Å². The van der Waals surface area contributed by atoms with Crippen LogP contribution in [0.3, 0.4) is 0 Å². The Balaban J connectivity index is 1.78. The van der Waals surface area contributed by atoms with Crippen molar-refractivity contribution in [2.75, 3.05) is 0 Å². The lowest BCUT2D eigenvalue weighted by Crippen LogP contribution is -2.23. The van der Waals surface area contributed by atoms with Gasteiger partial charge in [0.1, 0.15) is 24.3 Å². The van der Waals surface area contributed by atoms with Crippen molar-refractivity contribution < 1.29 is 13.2 Å².